The van der Waals surface area contributed by atoms with Crippen LogP contribution in [0.5, 0.6) is 0 Å². The zero-order valence-corrected chi connectivity index (χ0v) is 17.4. The molecule has 0 bridgehead atoms. The van der Waals surface area contributed by atoms with E-state index in [-0.39, 0.29) is 27.3 Å². The van der Waals surface area contributed by atoms with Crippen molar-refractivity contribution in [2.75, 3.05) is 13.1 Å². The summed E-state index contributed by atoms with van der Waals surface area (Å²) >= 11 is 11.8. The fraction of sp³-hybridized carbons (Fsp3) is 0.444. The summed E-state index contributed by atoms with van der Waals surface area (Å²) in [6.45, 7) is 1.26. The molecule has 1 aromatic carbocycles. The van der Waals surface area contributed by atoms with E-state index in [4.69, 9.17) is 23.2 Å². The van der Waals surface area contributed by atoms with E-state index < -0.39 is 22.0 Å². The number of benzene rings is 1. The fourth-order valence-electron chi connectivity index (χ4n) is 3.31. The van der Waals surface area contributed by atoms with Gasteiger partial charge >= 0.3 is 0 Å². The molecule has 1 aromatic rings. The van der Waals surface area contributed by atoms with Crippen LogP contribution in [0.15, 0.2) is 35.5 Å². The maximum absolute atomic E-state index is 13.1. The molecule has 0 spiro atoms. The molecule has 7 nitrogen and oxygen atoms in total. The van der Waals surface area contributed by atoms with Gasteiger partial charge in [-0.15, -0.1) is 0 Å². The lowest BCUT2D eigenvalue weighted by molar-refractivity contribution is -0.135. The third-order valence-corrected chi connectivity index (χ3v) is 7.37. The molecule has 2 aliphatic heterocycles. The first-order valence-electron chi connectivity index (χ1n) is 9.04. The van der Waals surface area contributed by atoms with Crippen molar-refractivity contribution in [3.05, 3.63) is 40.6 Å². The molecular weight excluding hydrogens is 425 g/mol. The molecule has 10 heteroatoms. The van der Waals surface area contributed by atoms with Crippen LogP contribution in [-0.2, 0) is 19.6 Å². The molecule has 3 rings (SSSR count). The monoisotopic (exact) mass is 445 g/mol. The number of halogens is 2. The lowest BCUT2D eigenvalue weighted by atomic mass is 10.1. The van der Waals surface area contributed by atoms with Crippen molar-refractivity contribution >= 4 is 45.0 Å². The first kappa shape index (κ1) is 21.0. The molecular formula is C18H21Cl2N3O4S. The molecule has 2 heterocycles. The van der Waals surface area contributed by atoms with Gasteiger partial charge in [0.05, 0.1) is 21.4 Å². The van der Waals surface area contributed by atoms with Gasteiger partial charge in [-0.25, -0.2) is 8.42 Å². The van der Waals surface area contributed by atoms with E-state index in [1.165, 1.54) is 30.6 Å². The van der Waals surface area contributed by atoms with Gasteiger partial charge < -0.3 is 10.2 Å². The highest BCUT2D eigenvalue weighted by atomic mass is 35.5. The Morgan fingerprint density at radius 1 is 1.11 bits per heavy atom. The summed E-state index contributed by atoms with van der Waals surface area (Å²) in [5, 5.41) is 2.79. The van der Waals surface area contributed by atoms with Crippen LogP contribution in [0.4, 0.5) is 0 Å². The number of nitrogens with one attached hydrogen (secondary N) is 1. The van der Waals surface area contributed by atoms with E-state index in [2.05, 4.69) is 5.32 Å². The number of sulfonamides is 1. The zero-order chi connectivity index (χ0) is 20.3. The first-order chi connectivity index (χ1) is 13.3. The molecule has 2 amide bonds. The van der Waals surface area contributed by atoms with Crippen LogP contribution in [0.25, 0.3) is 0 Å². The van der Waals surface area contributed by atoms with Gasteiger partial charge in [-0.1, -0.05) is 36.0 Å². The molecule has 1 fully saturated rings. The van der Waals surface area contributed by atoms with Crippen molar-refractivity contribution in [1.29, 1.82) is 0 Å². The summed E-state index contributed by atoms with van der Waals surface area (Å²) in [6, 6.07) is 2.76. The van der Waals surface area contributed by atoms with Crippen LogP contribution in [0.2, 0.25) is 10.0 Å². The van der Waals surface area contributed by atoms with Gasteiger partial charge in [-0.05, 0) is 31.0 Å². The van der Waals surface area contributed by atoms with Crippen molar-refractivity contribution in [2.24, 2.45) is 0 Å². The predicted octanol–water partition coefficient (Wildman–Crippen LogP) is 2.75. The van der Waals surface area contributed by atoms with Crippen LogP contribution in [0.3, 0.4) is 0 Å². The third-order valence-electron chi connectivity index (χ3n) is 4.85. The summed E-state index contributed by atoms with van der Waals surface area (Å²) < 4.78 is 27.1. The van der Waals surface area contributed by atoms with Crippen molar-refractivity contribution < 1.29 is 18.0 Å². The normalized spacial score (nSPS) is 20.6. The van der Waals surface area contributed by atoms with Gasteiger partial charge in [0.2, 0.25) is 11.8 Å². The van der Waals surface area contributed by atoms with Crippen LogP contribution < -0.4 is 5.32 Å². The Hall–Kier alpha value is -1.77. The highest BCUT2D eigenvalue weighted by Gasteiger charge is 2.38. The zero-order valence-electron chi connectivity index (χ0n) is 15.1. The Labute approximate surface area is 174 Å². The van der Waals surface area contributed by atoms with Gasteiger partial charge in [0.25, 0.3) is 10.0 Å². The summed E-state index contributed by atoms with van der Waals surface area (Å²) in [5.74, 6) is -0.777. The fourth-order valence-corrected chi connectivity index (χ4v) is 5.15. The molecule has 2 aliphatic rings. The van der Waals surface area contributed by atoms with Crippen molar-refractivity contribution in [1.82, 2.24) is 14.5 Å². The average Bonchev–Trinajstić information content (AvgIpc) is 2.95. The minimum absolute atomic E-state index is 0.0883. The van der Waals surface area contributed by atoms with E-state index in [1.807, 2.05) is 0 Å². The number of hydrogen-bond donors (Lipinski definition) is 1. The highest BCUT2D eigenvalue weighted by molar-refractivity contribution is 7.89. The average molecular weight is 446 g/mol. The van der Waals surface area contributed by atoms with Gasteiger partial charge in [0.1, 0.15) is 6.04 Å². The Bertz CT molecular complexity index is 896. The smallest absolute Gasteiger partial charge is 0.264 e. The number of rotatable bonds is 4. The maximum Gasteiger partial charge on any atom is 0.264 e. The van der Waals surface area contributed by atoms with Crippen molar-refractivity contribution in [3.63, 3.8) is 0 Å². The van der Waals surface area contributed by atoms with Crippen molar-refractivity contribution in [3.8, 4) is 0 Å². The third kappa shape index (κ3) is 4.45. The van der Waals surface area contributed by atoms with E-state index >= 15 is 0 Å². The lowest BCUT2D eigenvalue weighted by Gasteiger charge is -2.32. The Morgan fingerprint density at radius 3 is 2.43 bits per heavy atom. The minimum atomic E-state index is -4.10. The van der Waals surface area contributed by atoms with Crippen molar-refractivity contribution in [2.45, 2.75) is 43.0 Å². The van der Waals surface area contributed by atoms with E-state index in [9.17, 15) is 18.0 Å². The summed E-state index contributed by atoms with van der Waals surface area (Å²) in [5.41, 5.74) is 0. The second-order valence-corrected chi connectivity index (χ2v) is 9.41. The highest BCUT2D eigenvalue weighted by Crippen LogP contribution is 2.29. The van der Waals surface area contributed by atoms with Gasteiger partial charge in [-0.3, -0.25) is 13.9 Å². The molecule has 152 valence electrons. The van der Waals surface area contributed by atoms with E-state index in [0.717, 1.165) is 30.0 Å². The van der Waals surface area contributed by atoms with Gasteiger partial charge in [-0.2, -0.15) is 0 Å². The molecule has 0 radical (unpaired) electrons. The number of hydrogen-bond acceptors (Lipinski definition) is 4. The number of amides is 2. The molecule has 28 heavy (non-hydrogen) atoms. The van der Waals surface area contributed by atoms with Crippen LogP contribution in [0, 0.1) is 0 Å². The number of likely N-dealkylation sites (tertiary alicyclic amines) is 1. The SMILES string of the molecule is O=C1NC=CN(S(=O)(=O)c2ccc(Cl)c(Cl)c2)[C@@H]1CC(=O)N1CCCCCC1. The minimum Gasteiger partial charge on any atom is -0.343 e. The van der Waals surface area contributed by atoms with E-state index in [0.29, 0.717) is 13.1 Å². The van der Waals surface area contributed by atoms with Gasteiger partial charge in [0, 0.05) is 25.5 Å². The Morgan fingerprint density at radius 2 is 1.79 bits per heavy atom. The molecule has 1 N–H and O–H groups in total. The summed E-state index contributed by atoms with van der Waals surface area (Å²) in [6.07, 6.45) is 6.21. The van der Waals surface area contributed by atoms with Crippen LogP contribution in [0.1, 0.15) is 32.1 Å². The molecule has 1 atom stereocenters. The number of carbonyl (C=O) groups excluding carboxylic acids is 2. The molecule has 0 saturated carbocycles. The van der Waals surface area contributed by atoms with E-state index in [1.54, 1.807) is 4.90 Å². The quantitative estimate of drug-likeness (QED) is 0.771. The Kier molecular flexibility index (Phi) is 6.52. The number of carbonyl (C=O) groups is 2. The van der Waals surface area contributed by atoms with Crippen LogP contribution >= 0.6 is 23.2 Å². The molecule has 1 saturated heterocycles. The summed E-state index contributed by atoms with van der Waals surface area (Å²) in [4.78, 5) is 26.7. The predicted molar refractivity (Wildman–Crippen MR) is 106 cm³/mol. The molecule has 0 aliphatic carbocycles. The van der Waals surface area contributed by atoms with Gasteiger partial charge in [0.15, 0.2) is 0 Å². The maximum atomic E-state index is 13.1. The summed E-state index contributed by atoms with van der Waals surface area (Å²) in [7, 11) is -4.10. The standard InChI is InChI=1S/C18H21Cl2N3O4S/c19-14-6-5-13(11-15(14)20)28(26,27)23-10-7-21-18(25)16(23)12-17(24)22-8-3-1-2-4-9-22/h5-7,10-11,16H,1-4,8-9,12H2,(H,21,25)/t16-/m1/s1. The largest absolute Gasteiger partial charge is 0.343 e. The Balaban J connectivity index is 1.86. The second kappa shape index (κ2) is 8.71. The first-order valence-corrected chi connectivity index (χ1v) is 11.2. The topological polar surface area (TPSA) is 86.8 Å². The lowest BCUT2D eigenvalue weighted by Crippen LogP contribution is -2.51. The second-order valence-electron chi connectivity index (χ2n) is 6.75. The molecule has 0 unspecified atom stereocenters. The van der Waals surface area contributed by atoms with Crippen LogP contribution in [-0.4, -0.2) is 48.6 Å². The molecule has 0 aromatic heterocycles. The number of nitrogens with zero attached hydrogens (tertiary/aromatic N) is 2.